The number of thioether (sulfide) groups is 1. The monoisotopic (exact) mass is 429 g/mol. The van der Waals surface area contributed by atoms with Gasteiger partial charge in [0.2, 0.25) is 0 Å². The van der Waals surface area contributed by atoms with Crippen LogP contribution in [-0.4, -0.2) is 38.4 Å². The second-order valence-electron chi connectivity index (χ2n) is 5.70. The van der Waals surface area contributed by atoms with Gasteiger partial charge in [-0.15, -0.1) is 11.8 Å². The molecule has 0 spiro atoms. The summed E-state index contributed by atoms with van der Waals surface area (Å²) in [5, 5.41) is 3.72. The second kappa shape index (κ2) is 6.14. The predicted molar refractivity (Wildman–Crippen MR) is 97.0 cm³/mol. The molecule has 0 amide bonds. The maximum absolute atomic E-state index is 13.2. The number of halogens is 2. The number of fused-ring (bicyclic) bond motifs is 1. The molecule has 3 aliphatic rings. The van der Waals surface area contributed by atoms with E-state index in [-0.39, 0.29) is 11.9 Å². The van der Waals surface area contributed by atoms with Crippen molar-refractivity contribution in [1.82, 2.24) is 13.3 Å². The first-order valence-corrected chi connectivity index (χ1v) is 9.43. The summed E-state index contributed by atoms with van der Waals surface area (Å²) in [7, 11) is 0. The van der Waals surface area contributed by atoms with Crippen molar-refractivity contribution in [2.75, 3.05) is 18.8 Å². The van der Waals surface area contributed by atoms with Gasteiger partial charge < -0.3 is 3.11 Å². The highest BCUT2D eigenvalue weighted by Gasteiger charge is 2.45. The summed E-state index contributed by atoms with van der Waals surface area (Å²) in [5.41, 5.74) is 2.89. The molecule has 22 heavy (non-hydrogen) atoms. The molecular formula is C16H17FIN3S. The summed E-state index contributed by atoms with van der Waals surface area (Å²) < 4.78 is 15.4. The Kier molecular flexibility index (Phi) is 4.19. The molecule has 3 atom stereocenters. The number of hydrogen-bond acceptors (Lipinski definition) is 4. The van der Waals surface area contributed by atoms with Crippen molar-refractivity contribution >= 4 is 34.6 Å². The highest BCUT2D eigenvalue weighted by molar-refractivity contribution is 14.1. The maximum Gasteiger partial charge on any atom is 0.123 e. The van der Waals surface area contributed by atoms with Crippen molar-refractivity contribution < 1.29 is 4.39 Å². The van der Waals surface area contributed by atoms with Crippen LogP contribution in [0.15, 0.2) is 48.2 Å². The van der Waals surface area contributed by atoms with E-state index in [4.69, 9.17) is 0 Å². The minimum atomic E-state index is -0.175. The molecule has 0 aliphatic carbocycles. The lowest BCUT2D eigenvalue weighted by Crippen LogP contribution is -2.35. The number of hydrogen-bond donors (Lipinski definition) is 1. The number of nitrogens with one attached hydrogen (secondary N) is 1. The number of nitrogens with zero attached hydrogens (tertiary/aromatic N) is 2. The molecule has 3 unspecified atom stereocenters. The summed E-state index contributed by atoms with van der Waals surface area (Å²) in [6.45, 7) is 2.04. The fraction of sp³-hybridized carbons (Fsp3) is 0.375. The van der Waals surface area contributed by atoms with Gasteiger partial charge in [-0.3, -0.25) is 10.2 Å². The van der Waals surface area contributed by atoms with Crippen molar-refractivity contribution in [2.45, 2.75) is 17.6 Å². The van der Waals surface area contributed by atoms with Crippen molar-refractivity contribution in [3.63, 3.8) is 0 Å². The standard InChI is InChI=1S/C16H17FIN3S/c17-13-3-1-11(2-4-13)14-15(12-5-7-20(18)8-6-12)21-9-10-22-16(21)19-14/h1-7,14-16,19H,8-10H2. The van der Waals surface area contributed by atoms with Gasteiger partial charge in [0, 0.05) is 25.0 Å². The molecule has 3 heterocycles. The first-order chi connectivity index (χ1) is 10.7. The Bertz CT molecular complexity index is 618. The Balaban J connectivity index is 1.67. The molecular weight excluding hydrogens is 412 g/mol. The van der Waals surface area contributed by atoms with Crippen LogP contribution in [0.25, 0.3) is 0 Å². The Morgan fingerprint density at radius 2 is 2.09 bits per heavy atom. The molecule has 6 heteroatoms. The normalized spacial score (nSPS) is 31.5. The van der Waals surface area contributed by atoms with Crippen LogP contribution in [0.5, 0.6) is 0 Å². The SMILES string of the molecule is Fc1ccc(C2NC3SCCN3C2C2=CCN(I)C=C2)cc1. The summed E-state index contributed by atoms with van der Waals surface area (Å²) in [5.74, 6) is 0.991. The van der Waals surface area contributed by atoms with Crippen molar-refractivity contribution in [3.8, 4) is 0 Å². The molecule has 1 N–H and O–H groups in total. The van der Waals surface area contributed by atoms with Crippen LogP contribution >= 0.6 is 34.6 Å². The maximum atomic E-state index is 13.2. The lowest BCUT2D eigenvalue weighted by atomic mass is 9.92. The van der Waals surface area contributed by atoms with Crippen LogP contribution < -0.4 is 5.32 Å². The largest absolute Gasteiger partial charge is 0.318 e. The minimum absolute atomic E-state index is 0.175. The van der Waals surface area contributed by atoms with Crippen LogP contribution in [0.3, 0.4) is 0 Å². The quantitative estimate of drug-likeness (QED) is 0.575. The first kappa shape index (κ1) is 15.0. The molecule has 1 aromatic rings. The zero-order valence-corrected chi connectivity index (χ0v) is 14.9. The smallest absolute Gasteiger partial charge is 0.123 e. The molecule has 0 aromatic heterocycles. The van der Waals surface area contributed by atoms with Crippen LogP contribution in [0, 0.1) is 5.82 Å². The fourth-order valence-corrected chi connectivity index (χ4v) is 4.96. The topological polar surface area (TPSA) is 18.5 Å². The molecule has 2 fully saturated rings. The van der Waals surface area contributed by atoms with Gasteiger partial charge in [0.15, 0.2) is 0 Å². The fourth-order valence-electron chi connectivity index (χ4n) is 3.39. The lowest BCUT2D eigenvalue weighted by molar-refractivity contribution is 0.286. The molecule has 3 aliphatic heterocycles. The number of benzene rings is 1. The Morgan fingerprint density at radius 1 is 1.27 bits per heavy atom. The van der Waals surface area contributed by atoms with E-state index in [2.05, 4.69) is 54.5 Å². The van der Waals surface area contributed by atoms with E-state index in [1.165, 1.54) is 11.3 Å². The van der Waals surface area contributed by atoms with Crippen LogP contribution in [-0.2, 0) is 0 Å². The zero-order valence-electron chi connectivity index (χ0n) is 12.0. The molecule has 4 rings (SSSR count). The molecule has 0 bridgehead atoms. The zero-order chi connectivity index (χ0) is 15.1. The summed E-state index contributed by atoms with van der Waals surface area (Å²) in [4.78, 5) is 2.54. The molecule has 1 aromatic carbocycles. The van der Waals surface area contributed by atoms with Gasteiger partial charge >= 0.3 is 0 Å². The Morgan fingerprint density at radius 3 is 2.82 bits per heavy atom. The van der Waals surface area contributed by atoms with Crippen LogP contribution in [0.2, 0.25) is 0 Å². The first-order valence-electron chi connectivity index (χ1n) is 7.42. The average molecular weight is 429 g/mol. The van der Waals surface area contributed by atoms with Gasteiger partial charge in [0.25, 0.3) is 0 Å². The summed E-state index contributed by atoms with van der Waals surface area (Å²) >= 11 is 4.27. The van der Waals surface area contributed by atoms with E-state index in [0.29, 0.717) is 11.5 Å². The third-order valence-corrected chi connectivity index (χ3v) is 6.28. The van der Waals surface area contributed by atoms with E-state index < -0.39 is 0 Å². The molecule has 0 radical (unpaired) electrons. The molecule has 2 saturated heterocycles. The minimum Gasteiger partial charge on any atom is -0.318 e. The Labute approximate surface area is 148 Å². The lowest BCUT2D eigenvalue weighted by Gasteiger charge is -2.29. The van der Waals surface area contributed by atoms with E-state index in [9.17, 15) is 4.39 Å². The van der Waals surface area contributed by atoms with E-state index >= 15 is 0 Å². The van der Waals surface area contributed by atoms with Crippen LogP contribution in [0.4, 0.5) is 4.39 Å². The van der Waals surface area contributed by atoms with Gasteiger partial charge in [0.1, 0.15) is 11.3 Å². The van der Waals surface area contributed by atoms with E-state index in [0.717, 1.165) is 18.7 Å². The summed E-state index contributed by atoms with van der Waals surface area (Å²) in [6.07, 6.45) is 6.65. The van der Waals surface area contributed by atoms with Gasteiger partial charge in [-0.25, -0.2) is 4.39 Å². The molecule has 3 nitrogen and oxygen atoms in total. The summed E-state index contributed by atoms with van der Waals surface area (Å²) in [6, 6.07) is 7.47. The predicted octanol–water partition coefficient (Wildman–Crippen LogP) is 3.28. The van der Waals surface area contributed by atoms with Gasteiger partial charge in [0.05, 0.1) is 34.9 Å². The highest BCUT2D eigenvalue weighted by atomic mass is 127. The molecule has 0 saturated carbocycles. The van der Waals surface area contributed by atoms with E-state index in [1.807, 2.05) is 23.9 Å². The third-order valence-electron chi connectivity index (χ3n) is 4.42. The average Bonchev–Trinajstić information content (AvgIpc) is 3.10. The van der Waals surface area contributed by atoms with Crippen molar-refractivity contribution in [1.29, 1.82) is 0 Å². The van der Waals surface area contributed by atoms with Gasteiger partial charge in [-0.1, -0.05) is 18.2 Å². The van der Waals surface area contributed by atoms with Gasteiger partial charge in [-0.05, 0) is 29.3 Å². The highest BCUT2D eigenvalue weighted by Crippen LogP contribution is 2.41. The number of rotatable bonds is 2. The van der Waals surface area contributed by atoms with E-state index in [1.54, 1.807) is 12.1 Å². The second-order valence-corrected chi connectivity index (χ2v) is 8.13. The van der Waals surface area contributed by atoms with Gasteiger partial charge in [-0.2, -0.15) is 0 Å². The van der Waals surface area contributed by atoms with Crippen LogP contribution in [0.1, 0.15) is 11.6 Å². The third kappa shape index (κ3) is 2.70. The molecule has 116 valence electrons. The Hall–Kier alpha value is -0.570. The van der Waals surface area contributed by atoms with Crippen molar-refractivity contribution in [2.24, 2.45) is 0 Å². The van der Waals surface area contributed by atoms with Crippen molar-refractivity contribution in [3.05, 3.63) is 59.6 Å².